The summed E-state index contributed by atoms with van der Waals surface area (Å²) in [6.45, 7) is 2.56. The number of carbonyl (C=O) groups excluding carboxylic acids is 2. The van der Waals surface area contributed by atoms with Crippen molar-refractivity contribution in [1.29, 1.82) is 0 Å². The molecule has 0 fully saturated rings. The summed E-state index contributed by atoms with van der Waals surface area (Å²) < 4.78 is 0. The van der Waals surface area contributed by atoms with Gasteiger partial charge in [-0.15, -0.1) is 0 Å². The Labute approximate surface area is 148 Å². The number of aryl methyl sites for hydroxylation is 1. The van der Waals surface area contributed by atoms with Crippen LogP contribution in [0.2, 0.25) is 0 Å². The van der Waals surface area contributed by atoms with Crippen molar-refractivity contribution >= 4 is 11.7 Å². The monoisotopic (exact) mass is 339 g/mol. The SMILES string of the molecule is Cc1c(C(=O)NC(CN(C)C)c2ccccc2)[nH]c2c1C(=O)CCC2. The van der Waals surface area contributed by atoms with Crippen molar-refractivity contribution in [2.24, 2.45) is 0 Å². The Hall–Kier alpha value is -2.40. The molecule has 1 aliphatic carbocycles. The standard InChI is InChI=1S/C20H25N3O2/c1-13-18-15(10-7-11-17(18)24)21-19(13)20(25)22-16(12-23(2)3)14-8-5-4-6-9-14/h4-6,8-9,16,21H,7,10-12H2,1-3H3,(H,22,25). The van der Waals surface area contributed by atoms with Gasteiger partial charge in [0.1, 0.15) is 5.69 Å². The Morgan fingerprint density at radius 3 is 2.60 bits per heavy atom. The van der Waals surface area contributed by atoms with Crippen molar-refractivity contribution < 1.29 is 9.59 Å². The summed E-state index contributed by atoms with van der Waals surface area (Å²) in [5, 5.41) is 3.12. The van der Waals surface area contributed by atoms with Gasteiger partial charge in [-0.05, 0) is 45.0 Å². The molecule has 1 aromatic heterocycles. The van der Waals surface area contributed by atoms with Crippen LogP contribution in [0.15, 0.2) is 30.3 Å². The normalized spacial score (nSPS) is 15.1. The minimum absolute atomic E-state index is 0.112. The summed E-state index contributed by atoms with van der Waals surface area (Å²) in [5.74, 6) is -0.0163. The maximum atomic E-state index is 12.9. The summed E-state index contributed by atoms with van der Waals surface area (Å²) in [6.07, 6.45) is 2.25. The number of aromatic nitrogens is 1. The van der Waals surface area contributed by atoms with Gasteiger partial charge in [0.15, 0.2) is 5.78 Å². The molecule has 1 amide bonds. The third kappa shape index (κ3) is 3.66. The third-order valence-corrected chi connectivity index (χ3v) is 4.72. The molecule has 0 bridgehead atoms. The molecular formula is C20H25N3O2. The molecule has 25 heavy (non-hydrogen) atoms. The van der Waals surface area contributed by atoms with E-state index in [1.54, 1.807) is 0 Å². The lowest BCUT2D eigenvalue weighted by Crippen LogP contribution is -2.35. The van der Waals surface area contributed by atoms with Gasteiger partial charge in [-0.25, -0.2) is 0 Å². The first-order valence-corrected chi connectivity index (χ1v) is 8.72. The van der Waals surface area contributed by atoms with Gasteiger partial charge in [0.05, 0.1) is 6.04 Å². The fraction of sp³-hybridized carbons (Fsp3) is 0.400. The molecule has 0 radical (unpaired) electrons. The summed E-state index contributed by atoms with van der Waals surface area (Å²) in [4.78, 5) is 30.3. The van der Waals surface area contributed by atoms with E-state index >= 15 is 0 Å². The van der Waals surface area contributed by atoms with Crippen LogP contribution in [0.5, 0.6) is 0 Å². The summed E-state index contributed by atoms with van der Waals surface area (Å²) in [5.41, 5.74) is 3.98. The number of fused-ring (bicyclic) bond motifs is 1. The number of aromatic amines is 1. The first-order chi connectivity index (χ1) is 12.0. The van der Waals surface area contributed by atoms with E-state index < -0.39 is 0 Å². The number of ketones is 1. The van der Waals surface area contributed by atoms with E-state index in [-0.39, 0.29) is 17.7 Å². The van der Waals surface area contributed by atoms with Gasteiger partial charge in [-0.2, -0.15) is 0 Å². The van der Waals surface area contributed by atoms with Gasteiger partial charge >= 0.3 is 0 Å². The highest BCUT2D eigenvalue weighted by Gasteiger charge is 2.27. The fourth-order valence-electron chi connectivity index (χ4n) is 3.52. The third-order valence-electron chi connectivity index (χ3n) is 4.72. The summed E-state index contributed by atoms with van der Waals surface area (Å²) in [7, 11) is 3.97. The smallest absolute Gasteiger partial charge is 0.268 e. The van der Waals surface area contributed by atoms with Gasteiger partial charge in [0.2, 0.25) is 0 Å². The van der Waals surface area contributed by atoms with E-state index in [1.807, 2.05) is 56.3 Å². The van der Waals surface area contributed by atoms with Crippen molar-refractivity contribution in [3.05, 3.63) is 58.4 Å². The number of amides is 1. The minimum atomic E-state index is -0.157. The van der Waals surface area contributed by atoms with Gasteiger partial charge in [-0.3, -0.25) is 9.59 Å². The van der Waals surface area contributed by atoms with Crippen LogP contribution in [0.25, 0.3) is 0 Å². The van der Waals surface area contributed by atoms with Crippen molar-refractivity contribution in [3.8, 4) is 0 Å². The molecule has 1 aromatic carbocycles. The highest BCUT2D eigenvalue weighted by atomic mass is 16.2. The predicted molar refractivity (Wildman–Crippen MR) is 98.0 cm³/mol. The van der Waals surface area contributed by atoms with Crippen molar-refractivity contribution in [2.45, 2.75) is 32.2 Å². The number of hydrogen-bond acceptors (Lipinski definition) is 3. The molecule has 1 unspecified atom stereocenters. The van der Waals surface area contributed by atoms with E-state index in [0.717, 1.165) is 35.2 Å². The molecule has 2 N–H and O–H groups in total. The molecule has 1 aliphatic rings. The van der Waals surface area contributed by atoms with Gasteiger partial charge in [0.25, 0.3) is 5.91 Å². The lowest BCUT2D eigenvalue weighted by atomic mass is 9.93. The van der Waals surface area contributed by atoms with Crippen molar-refractivity contribution in [3.63, 3.8) is 0 Å². The lowest BCUT2D eigenvalue weighted by molar-refractivity contribution is 0.0924. The molecule has 5 heteroatoms. The van der Waals surface area contributed by atoms with E-state index in [9.17, 15) is 9.59 Å². The molecule has 132 valence electrons. The van der Waals surface area contributed by atoms with Crippen molar-refractivity contribution in [1.82, 2.24) is 15.2 Å². The van der Waals surface area contributed by atoms with Crippen LogP contribution in [-0.4, -0.2) is 42.2 Å². The molecule has 0 saturated heterocycles. The lowest BCUT2D eigenvalue weighted by Gasteiger charge is -2.22. The van der Waals surface area contributed by atoms with E-state index in [0.29, 0.717) is 18.7 Å². The van der Waals surface area contributed by atoms with Crippen LogP contribution in [-0.2, 0) is 6.42 Å². The number of hydrogen-bond donors (Lipinski definition) is 2. The number of likely N-dealkylation sites (N-methyl/N-ethyl adjacent to an activating group) is 1. The Morgan fingerprint density at radius 1 is 1.24 bits per heavy atom. The number of nitrogens with one attached hydrogen (secondary N) is 2. The molecule has 1 heterocycles. The zero-order valence-electron chi connectivity index (χ0n) is 15.1. The van der Waals surface area contributed by atoms with Crippen LogP contribution in [0.4, 0.5) is 0 Å². The highest BCUT2D eigenvalue weighted by molar-refractivity contribution is 6.04. The first-order valence-electron chi connectivity index (χ1n) is 8.72. The summed E-state index contributed by atoms with van der Waals surface area (Å²) in [6, 6.07) is 9.84. The van der Waals surface area contributed by atoms with Crippen LogP contribution in [0.3, 0.4) is 0 Å². The Bertz CT molecular complexity index is 778. The average Bonchev–Trinajstić information content (AvgIpc) is 2.93. The first kappa shape index (κ1) is 17.4. The molecule has 0 spiro atoms. The number of benzene rings is 1. The van der Waals surface area contributed by atoms with Crippen LogP contribution in [0.1, 0.15) is 56.6 Å². The number of nitrogens with zero attached hydrogens (tertiary/aromatic N) is 1. The maximum absolute atomic E-state index is 12.9. The predicted octanol–water partition coefficient (Wildman–Crippen LogP) is 2.87. The van der Waals surface area contributed by atoms with Crippen LogP contribution >= 0.6 is 0 Å². The Balaban J connectivity index is 1.86. The van der Waals surface area contributed by atoms with Crippen LogP contribution < -0.4 is 5.32 Å². The largest absolute Gasteiger partial charge is 0.354 e. The zero-order valence-corrected chi connectivity index (χ0v) is 15.1. The van der Waals surface area contributed by atoms with Crippen molar-refractivity contribution in [2.75, 3.05) is 20.6 Å². The highest BCUT2D eigenvalue weighted by Crippen LogP contribution is 2.27. The fourth-order valence-corrected chi connectivity index (χ4v) is 3.52. The molecular weight excluding hydrogens is 314 g/mol. The second-order valence-electron chi connectivity index (χ2n) is 6.95. The summed E-state index contributed by atoms with van der Waals surface area (Å²) >= 11 is 0. The number of carbonyl (C=O) groups is 2. The molecule has 0 saturated carbocycles. The average molecular weight is 339 g/mol. The van der Waals surface area contributed by atoms with Gasteiger partial charge < -0.3 is 15.2 Å². The van der Waals surface area contributed by atoms with Crippen LogP contribution in [0, 0.1) is 6.92 Å². The quantitative estimate of drug-likeness (QED) is 0.880. The second-order valence-corrected chi connectivity index (χ2v) is 6.95. The topological polar surface area (TPSA) is 65.2 Å². The number of H-pyrrole nitrogens is 1. The molecule has 0 aliphatic heterocycles. The van der Waals surface area contributed by atoms with E-state index in [1.165, 1.54) is 0 Å². The Kier molecular flexibility index (Phi) is 5.04. The minimum Gasteiger partial charge on any atom is -0.354 e. The molecule has 5 nitrogen and oxygen atoms in total. The molecule has 2 aromatic rings. The molecule has 3 rings (SSSR count). The maximum Gasteiger partial charge on any atom is 0.268 e. The van der Waals surface area contributed by atoms with E-state index in [2.05, 4.69) is 10.3 Å². The van der Waals surface area contributed by atoms with Gasteiger partial charge in [-0.1, -0.05) is 30.3 Å². The zero-order chi connectivity index (χ0) is 18.0. The van der Waals surface area contributed by atoms with Gasteiger partial charge in [0, 0.05) is 24.2 Å². The Morgan fingerprint density at radius 2 is 1.96 bits per heavy atom. The second kappa shape index (κ2) is 7.23. The van der Waals surface area contributed by atoms with E-state index in [4.69, 9.17) is 0 Å². The molecule has 1 atom stereocenters. The number of Topliss-reactive ketones (excluding diaryl/α,β-unsaturated/α-hetero) is 1. The number of rotatable bonds is 5.